The van der Waals surface area contributed by atoms with Crippen LogP contribution in [0.1, 0.15) is 27.3 Å². The number of carboxylic acids is 1. The summed E-state index contributed by atoms with van der Waals surface area (Å²) in [7, 11) is 0. The van der Waals surface area contributed by atoms with Crippen molar-refractivity contribution in [3.8, 4) is 0 Å². The van der Waals surface area contributed by atoms with Crippen molar-refractivity contribution >= 4 is 17.7 Å². The number of carboxylic acid groups (broad SMARTS) is 1. The molecule has 26 heavy (non-hydrogen) atoms. The Kier molecular flexibility index (Phi) is 4.83. The lowest BCUT2D eigenvalue weighted by atomic mass is 10.1. The molecule has 1 amide bonds. The number of nitrogens with zero attached hydrogens (tertiary/aromatic N) is 4. The van der Waals surface area contributed by atoms with Crippen molar-refractivity contribution in [1.29, 1.82) is 0 Å². The number of aromatic carboxylic acids is 1. The lowest BCUT2D eigenvalue weighted by Gasteiger charge is -2.05. The molecule has 0 aliphatic carbocycles. The summed E-state index contributed by atoms with van der Waals surface area (Å²) in [5.74, 6) is -1.01. The first-order chi connectivity index (χ1) is 12.4. The highest BCUT2D eigenvalue weighted by atomic mass is 16.4. The van der Waals surface area contributed by atoms with Crippen molar-refractivity contribution in [1.82, 2.24) is 19.6 Å². The van der Waals surface area contributed by atoms with Gasteiger partial charge in [-0.3, -0.25) is 14.2 Å². The molecule has 2 N–H and O–H groups in total. The van der Waals surface area contributed by atoms with E-state index in [4.69, 9.17) is 5.11 Å². The van der Waals surface area contributed by atoms with Crippen LogP contribution in [-0.2, 0) is 17.9 Å². The zero-order valence-corrected chi connectivity index (χ0v) is 14.5. The van der Waals surface area contributed by atoms with Gasteiger partial charge in [-0.25, -0.2) is 4.79 Å². The Labute approximate surface area is 150 Å². The van der Waals surface area contributed by atoms with Crippen LogP contribution in [-0.4, -0.2) is 36.5 Å². The highest BCUT2D eigenvalue weighted by molar-refractivity contribution is 5.89. The smallest absolute Gasteiger partial charge is 0.356 e. The van der Waals surface area contributed by atoms with Crippen LogP contribution >= 0.6 is 0 Å². The first-order valence-corrected chi connectivity index (χ1v) is 8.07. The molecule has 2 heterocycles. The summed E-state index contributed by atoms with van der Waals surface area (Å²) < 4.78 is 3.09. The fraction of sp³-hybridized carbons (Fsp3) is 0.222. The molecular formula is C18H19N5O3. The number of aryl methyl sites for hydroxylation is 2. The van der Waals surface area contributed by atoms with Gasteiger partial charge in [-0.05, 0) is 25.5 Å². The molecule has 0 radical (unpaired) electrons. The zero-order chi connectivity index (χ0) is 18.7. The van der Waals surface area contributed by atoms with E-state index in [0.717, 1.165) is 11.3 Å². The first kappa shape index (κ1) is 17.4. The number of hydrogen-bond acceptors (Lipinski definition) is 4. The molecule has 0 spiro atoms. The van der Waals surface area contributed by atoms with Crippen LogP contribution in [0, 0.1) is 13.8 Å². The number of carbonyl (C=O) groups is 2. The van der Waals surface area contributed by atoms with Gasteiger partial charge in [-0.1, -0.05) is 29.8 Å². The van der Waals surface area contributed by atoms with Gasteiger partial charge in [0.25, 0.3) is 0 Å². The minimum absolute atomic E-state index is 0.0862. The molecule has 1 aromatic carbocycles. The Hall–Kier alpha value is -3.42. The summed E-state index contributed by atoms with van der Waals surface area (Å²) in [6.45, 7) is 4.49. The number of anilines is 1. The van der Waals surface area contributed by atoms with Crippen molar-refractivity contribution in [3.05, 3.63) is 65.1 Å². The Morgan fingerprint density at radius 2 is 1.96 bits per heavy atom. The second-order valence-electron chi connectivity index (χ2n) is 6.07. The van der Waals surface area contributed by atoms with Crippen LogP contribution in [0.2, 0.25) is 0 Å². The van der Waals surface area contributed by atoms with Gasteiger partial charge in [0.2, 0.25) is 5.91 Å². The van der Waals surface area contributed by atoms with Gasteiger partial charge in [-0.15, -0.1) is 0 Å². The maximum atomic E-state index is 12.1. The molecule has 0 fully saturated rings. The van der Waals surface area contributed by atoms with E-state index in [-0.39, 0.29) is 18.1 Å². The van der Waals surface area contributed by atoms with Gasteiger partial charge in [0.05, 0.1) is 6.54 Å². The van der Waals surface area contributed by atoms with E-state index < -0.39 is 5.97 Å². The summed E-state index contributed by atoms with van der Waals surface area (Å²) in [4.78, 5) is 22.9. The largest absolute Gasteiger partial charge is 0.476 e. The van der Waals surface area contributed by atoms with Crippen LogP contribution in [0.15, 0.2) is 42.6 Å². The Balaban J connectivity index is 1.64. The molecule has 8 nitrogen and oxygen atoms in total. The molecule has 0 atom stereocenters. The number of amides is 1. The second kappa shape index (κ2) is 7.22. The van der Waals surface area contributed by atoms with Crippen LogP contribution in [0.4, 0.5) is 5.82 Å². The van der Waals surface area contributed by atoms with Gasteiger partial charge in [0.1, 0.15) is 6.54 Å². The minimum Gasteiger partial charge on any atom is -0.476 e. The number of hydrogen-bond donors (Lipinski definition) is 2. The van der Waals surface area contributed by atoms with Crippen LogP contribution in [0.3, 0.4) is 0 Å². The van der Waals surface area contributed by atoms with E-state index in [1.807, 2.05) is 36.7 Å². The molecule has 2 aromatic heterocycles. The lowest BCUT2D eigenvalue weighted by Crippen LogP contribution is -2.20. The summed E-state index contributed by atoms with van der Waals surface area (Å²) in [6.07, 6.45) is 1.45. The lowest BCUT2D eigenvalue weighted by molar-refractivity contribution is -0.116. The maximum absolute atomic E-state index is 12.1. The highest BCUT2D eigenvalue weighted by Crippen LogP contribution is 2.12. The Bertz CT molecular complexity index is 957. The monoisotopic (exact) mass is 353 g/mol. The van der Waals surface area contributed by atoms with Crippen molar-refractivity contribution in [2.75, 3.05) is 5.32 Å². The van der Waals surface area contributed by atoms with Gasteiger partial charge in [-0.2, -0.15) is 10.2 Å². The number of nitrogens with one attached hydrogen (secondary N) is 1. The van der Waals surface area contributed by atoms with E-state index in [9.17, 15) is 9.59 Å². The van der Waals surface area contributed by atoms with E-state index in [1.54, 1.807) is 6.07 Å². The number of rotatable bonds is 6. The Morgan fingerprint density at radius 3 is 2.65 bits per heavy atom. The van der Waals surface area contributed by atoms with Crippen LogP contribution in [0.25, 0.3) is 0 Å². The number of benzene rings is 1. The van der Waals surface area contributed by atoms with Gasteiger partial charge < -0.3 is 10.4 Å². The highest BCUT2D eigenvalue weighted by Gasteiger charge is 2.12. The van der Waals surface area contributed by atoms with Crippen LogP contribution in [0.5, 0.6) is 0 Å². The normalized spacial score (nSPS) is 10.7. The standard InChI is InChI=1S/C18H19N5O3/c1-12-4-3-5-14(8-12)10-23-13(2)9-16(21-23)19-17(24)11-22-7-6-15(20-22)18(25)26/h3-9H,10-11H2,1-2H3,(H,25,26)(H,19,21,24). The summed E-state index contributed by atoms with van der Waals surface area (Å²) in [5, 5.41) is 19.8. The average Bonchev–Trinajstić information content (AvgIpc) is 3.15. The average molecular weight is 353 g/mol. The predicted molar refractivity (Wildman–Crippen MR) is 95.1 cm³/mol. The third-order valence-corrected chi connectivity index (χ3v) is 3.83. The minimum atomic E-state index is -1.13. The topological polar surface area (TPSA) is 102 Å². The SMILES string of the molecule is Cc1cccc(Cn2nc(NC(=O)Cn3ccc(C(=O)O)n3)cc2C)c1. The molecule has 0 saturated carbocycles. The fourth-order valence-corrected chi connectivity index (χ4v) is 2.61. The molecule has 0 bridgehead atoms. The third kappa shape index (κ3) is 4.15. The first-order valence-electron chi connectivity index (χ1n) is 8.07. The third-order valence-electron chi connectivity index (χ3n) is 3.83. The Morgan fingerprint density at radius 1 is 1.15 bits per heavy atom. The molecule has 0 aliphatic heterocycles. The van der Waals surface area contributed by atoms with E-state index in [1.165, 1.54) is 22.5 Å². The molecule has 8 heteroatoms. The van der Waals surface area contributed by atoms with Gasteiger partial charge in [0.15, 0.2) is 11.5 Å². The molecule has 0 unspecified atom stereocenters. The van der Waals surface area contributed by atoms with E-state index in [0.29, 0.717) is 12.4 Å². The predicted octanol–water partition coefficient (Wildman–Crippen LogP) is 2.08. The fourth-order valence-electron chi connectivity index (χ4n) is 2.61. The number of carbonyl (C=O) groups excluding carboxylic acids is 1. The number of aromatic nitrogens is 4. The van der Waals surface area contributed by atoms with Crippen molar-refractivity contribution in [2.45, 2.75) is 26.9 Å². The van der Waals surface area contributed by atoms with Gasteiger partial charge >= 0.3 is 5.97 Å². The zero-order valence-electron chi connectivity index (χ0n) is 14.5. The molecule has 0 aliphatic rings. The quantitative estimate of drug-likeness (QED) is 0.706. The second-order valence-corrected chi connectivity index (χ2v) is 6.07. The summed E-state index contributed by atoms with van der Waals surface area (Å²) in [5.41, 5.74) is 3.14. The van der Waals surface area contributed by atoms with Crippen molar-refractivity contribution in [3.63, 3.8) is 0 Å². The van der Waals surface area contributed by atoms with E-state index >= 15 is 0 Å². The molecule has 134 valence electrons. The van der Waals surface area contributed by atoms with E-state index in [2.05, 4.69) is 21.6 Å². The van der Waals surface area contributed by atoms with Gasteiger partial charge in [0, 0.05) is 18.0 Å². The van der Waals surface area contributed by atoms with Crippen LogP contribution < -0.4 is 5.32 Å². The van der Waals surface area contributed by atoms with Crippen molar-refractivity contribution in [2.24, 2.45) is 0 Å². The molecule has 0 saturated heterocycles. The van der Waals surface area contributed by atoms with Crippen molar-refractivity contribution < 1.29 is 14.7 Å². The molecule has 3 rings (SSSR count). The molecular weight excluding hydrogens is 334 g/mol. The summed E-state index contributed by atoms with van der Waals surface area (Å²) >= 11 is 0. The summed E-state index contributed by atoms with van der Waals surface area (Å²) in [6, 6.07) is 11.3. The molecule has 3 aromatic rings. The maximum Gasteiger partial charge on any atom is 0.356 e.